The molecule has 4 fully saturated rings. The number of carboxylic acid groups (broad SMARTS) is 4. The van der Waals surface area contributed by atoms with Crippen LogP contribution < -0.4 is 20.4 Å². The van der Waals surface area contributed by atoms with E-state index in [0.717, 1.165) is 14.2 Å². The highest BCUT2D eigenvalue weighted by molar-refractivity contribution is 5.72. The number of aliphatic hydroxyl groups excluding tert-OH is 8. The third-order valence-electron chi connectivity index (χ3n) is 8.49. The lowest BCUT2D eigenvalue weighted by Gasteiger charge is -2.49. The molecule has 51 heavy (non-hydrogen) atoms. The topological polar surface area (TPSA) is 405 Å². The van der Waals surface area contributed by atoms with E-state index in [1.165, 1.54) is 0 Å². The van der Waals surface area contributed by atoms with Gasteiger partial charge in [-0.15, -0.1) is 0 Å². The molecule has 0 saturated carbocycles. The number of aliphatic carboxylic acids is 4. The second-order valence-corrected chi connectivity index (χ2v) is 11.6. The first-order valence-electron chi connectivity index (χ1n) is 14.8. The quantitative estimate of drug-likeness (QED) is 0.0918. The van der Waals surface area contributed by atoms with E-state index in [9.17, 15) is 80.5 Å². The second-order valence-electron chi connectivity index (χ2n) is 11.6. The highest BCUT2D eigenvalue weighted by Crippen LogP contribution is 2.34. The average molecular weight is 747 g/mol. The minimum absolute atomic E-state index is 0.957. The minimum Gasteiger partial charge on any atom is -0.547 e. The Morgan fingerprint density at radius 1 is 0.392 bits per heavy atom. The molecule has 0 aromatic carbocycles. The first-order chi connectivity index (χ1) is 23.9. The number of methoxy groups -OCH3 is 2. The molecular weight excluding hydrogens is 712 g/mol. The van der Waals surface area contributed by atoms with Gasteiger partial charge >= 0.3 is 0 Å². The molecule has 4 aliphatic rings. The van der Waals surface area contributed by atoms with Crippen molar-refractivity contribution in [2.24, 2.45) is 0 Å². The Balaban J connectivity index is 1.51. The molecule has 7 unspecified atom stereocenters. The van der Waals surface area contributed by atoms with Gasteiger partial charge < -0.3 is 123 Å². The third kappa shape index (κ3) is 8.09. The van der Waals surface area contributed by atoms with Gasteiger partial charge in [0, 0.05) is 14.2 Å². The van der Waals surface area contributed by atoms with Gasteiger partial charge in [-0.05, 0) is 0 Å². The zero-order valence-corrected chi connectivity index (χ0v) is 26.1. The molecule has 25 heteroatoms. The smallest absolute Gasteiger partial charge is 0.187 e. The average Bonchev–Trinajstić information content (AvgIpc) is 3.07. The number of hydrogen-bond donors (Lipinski definition) is 8. The molecule has 4 rings (SSSR count). The SMILES string of the molecule is CO[C@@H]1O[C@@H](C(=O)[O-])[C@@H](O[C@@H]2OC(C(=O)[O-])[C@@H](O[C@@H]3O[C@@H](C(=O)[O-])[C@@H](O[C@@H]4OC(C(=O)[O-])[C@@H](OC)[C@@H](O)C4O)C(O)C3O)[C@H](O)C2O)C(O)[C@@H]1O. The Labute approximate surface area is 284 Å². The number of carbonyl (C=O) groups is 4. The molecule has 0 radical (unpaired) electrons. The summed E-state index contributed by atoms with van der Waals surface area (Å²) in [6, 6.07) is 0. The summed E-state index contributed by atoms with van der Waals surface area (Å²) in [6.07, 6.45) is -44.8. The third-order valence-corrected chi connectivity index (χ3v) is 8.49. The maximum absolute atomic E-state index is 12.0. The van der Waals surface area contributed by atoms with E-state index in [1.807, 2.05) is 0 Å². The molecule has 8 N–H and O–H groups in total. The van der Waals surface area contributed by atoms with Crippen LogP contribution in [0.1, 0.15) is 0 Å². The van der Waals surface area contributed by atoms with E-state index in [0.29, 0.717) is 0 Å². The van der Waals surface area contributed by atoms with Crippen molar-refractivity contribution in [3.8, 4) is 0 Å². The number of ether oxygens (including phenoxy) is 9. The fraction of sp³-hybridized carbons (Fsp3) is 0.846. The van der Waals surface area contributed by atoms with E-state index >= 15 is 0 Å². The number of carbonyl (C=O) groups excluding carboxylic acids is 4. The molecule has 4 saturated heterocycles. The predicted molar refractivity (Wildman–Crippen MR) is 135 cm³/mol. The molecular formula is C26H34O25-4. The summed E-state index contributed by atoms with van der Waals surface area (Å²) >= 11 is 0. The molecule has 4 heterocycles. The van der Waals surface area contributed by atoms with Crippen LogP contribution in [0.5, 0.6) is 0 Å². The van der Waals surface area contributed by atoms with E-state index in [-0.39, 0.29) is 0 Å². The first-order valence-corrected chi connectivity index (χ1v) is 14.8. The van der Waals surface area contributed by atoms with Gasteiger partial charge in [-0.3, -0.25) is 0 Å². The van der Waals surface area contributed by atoms with Gasteiger partial charge in [0.2, 0.25) is 0 Å². The molecule has 4 aliphatic heterocycles. The predicted octanol–water partition coefficient (Wildman–Crippen LogP) is -13.4. The first kappa shape index (κ1) is 41.0. The second kappa shape index (κ2) is 16.5. The Bertz CT molecular complexity index is 1250. The summed E-state index contributed by atoms with van der Waals surface area (Å²) in [5.74, 6) is -8.42. The van der Waals surface area contributed by atoms with Gasteiger partial charge in [0.05, 0.1) is 23.9 Å². The van der Waals surface area contributed by atoms with Gasteiger partial charge in [0.1, 0.15) is 97.7 Å². The zero-order valence-electron chi connectivity index (χ0n) is 26.1. The molecule has 0 bridgehead atoms. The summed E-state index contributed by atoms with van der Waals surface area (Å²) in [5, 5.41) is 132. The summed E-state index contributed by atoms with van der Waals surface area (Å²) in [7, 11) is 1.95. The van der Waals surface area contributed by atoms with Gasteiger partial charge in [-0.25, -0.2) is 0 Å². The van der Waals surface area contributed by atoms with Crippen molar-refractivity contribution in [2.75, 3.05) is 14.2 Å². The normalized spacial score (nSPS) is 47.7. The van der Waals surface area contributed by atoms with Gasteiger partial charge in [-0.2, -0.15) is 0 Å². The Kier molecular flexibility index (Phi) is 13.2. The Hall–Kier alpha value is -2.80. The molecule has 25 nitrogen and oxygen atoms in total. The van der Waals surface area contributed by atoms with E-state index in [4.69, 9.17) is 42.6 Å². The van der Waals surface area contributed by atoms with Crippen LogP contribution in [-0.4, -0.2) is 202 Å². The van der Waals surface area contributed by atoms with E-state index in [2.05, 4.69) is 0 Å². The van der Waals surface area contributed by atoms with Crippen molar-refractivity contribution in [3.05, 3.63) is 0 Å². The Morgan fingerprint density at radius 2 is 0.627 bits per heavy atom. The van der Waals surface area contributed by atoms with Crippen LogP contribution in [0.25, 0.3) is 0 Å². The summed E-state index contributed by atoms with van der Waals surface area (Å²) in [4.78, 5) is 47.2. The van der Waals surface area contributed by atoms with Crippen molar-refractivity contribution in [1.82, 2.24) is 0 Å². The minimum atomic E-state index is -2.54. The molecule has 0 aromatic heterocycles. The highest BCUT2D eigenvalue weighted by Gasteiger charge is 2.56. The fourth-order valence-electron chi connectivity index (χ4n) is 5.82. The monoisotopic (exact) mass is 746 g/mol. The fourth-order valence-corrected chi connectivity index (χ4v) is 5.82. The van der Waals surface area contributed by atoms with Crippen LogP contribution in [0.4, 0.5) is 0 Å². The molecule has 0 amide bonds. The summed E-state index contributed by atoms with van der Waals surface area (Å²) in [6.45, 7) is 0. The van der Waals surface area contributed by atoms with Crippen molar-refractivity contribution in [3.63, 3.8) is 0 Å². The lowest BCUT2D eigenvalue weighted by atomic mass is 9.95. The molecule has 0 aromatic rings. The van der Waals surface area contributed by atoms with E-state index < -0.39 is 147 Å². The van der Waals surface area contributed by atoms with Crippen LogP contribution in [0.15, 0.2) is 0 Å². The molecule has 20 atom stereocenters. The molecule has 0 aliphatic carbocycles. The largest absolute Gasteiger partial charge is 0.547 e. The standard InChI is InChI=1S/C26H38O25/c1-43-11-3(27)8(32)24(49-15(11)19(35)36)46-13-5(29)10(34)26(51-17(13)21(39)40)47-14-6(30)9(33)25(50-18(14)22(41)42)45-12-4(28)7(31)23(44-2)48-16(12)20(37)38/h3-18,23-34H,1-2H3,(H,35,36)(H,37,38)(H,39,40)(H,41,42)/p-4/t3-,4?,5?,6+,7-,8?,9?,10?,11-,12-,13-,14-,15?,16+,17+,18?,23+,24+,25+,26+/m0/s1. The Morgan fingerprint density at radius 3 is 0.882 bits per heavy atom. The number of carboxylic acids is 4. The maximum atomic E-state index is 12.0. The molecule has 292 valence electrons. The van der Waals surface area contributed by atoms with E-state index in [1.54, 1.807) is 0 Å². The van der Waals surface area contributed by atoms with Crippen LogP contribution in [0.2, 0.25) is 0 Å². The van der Waals surface area contributed by atoms with Crippen molar-refractivity contribution in [2.45, 2.75) is 123 Å². The summed E-state index contributed by atoms with van der Waals surface area (Å²) < 4.78 is 45.3. The van der Waals surface area contributed by atoms with Crippen LogP contribution in [0.3, 0.4) is 0 Å². The summed E-state index contributed by atoms with van der Waals surface area (Å²) in [5.41, 5.74) is 0. The van der Waals surface area contributed by atoms with Crippen molar-refractivity contribution in [1.29, 1.82) is 0 Å². The maximum Gasteiger partial charge on any atom is 0.187 e. The zero-order chi connectivity index (χ0) is 38.2. The van der Waals surface area contributed by atoms with Crippen molar-refractivity contribution < 1.29 is 123 Å². The van der Waals surface area contributed by atoms with Crippen LogP contribution >= 0.6 is 0 Å². The lowest BCUT2D eigenvalue weighted by Crippen LogP contribution is -2.70. The molecule has 0 spiro atoms. The number of hydrogen-bond acceptors (Lipinski definition) is 25. The van der Waals surface area contributed by atoms with Gasteiger partial charge in [0.25, 0.3) is 0 Å². The van der Waals surface area contributed by atoms with Gasteiger partial charge in [-0.1, -0.05) is 0 Å². The van der Waals surface area contributed by atoms with Crippen molar-refractivity contribution >= 4 is 23.9 Å². The lowest BCUT2D eigenvalue weighted by molar-refractivity contribution is -0.402. The van der Waals surface area contributed by atoms with Crippen LogP contribution in [-0.2, 0) is 61.8 Å². The van der Waals surface area contributed by atoms with Gasteiger partial charge in [0.15, 0.2) is 25.2 Å². The highest BCUT2D eigenvalue weighted by atomic mass is 16.8. The number of rotatable bonds is 12. The van der Waals surface area contributed by atoms with Crippen LogP contribution in [0, 0.1) is 0 Å². The number of aliphatic hydroxyl groups is 8.